The fourth-order valence-electron chi connectivity index (χ4n) is 4.20. The van der Waals surface area contributed by atoms with Gasteiger partial charge >= 0.3 is 0 Å². The van der Waals surface area contributed by atoms with Crippen molar-refractivity contribution in [3.05, 3.63) is 119 Å². The number of hydrogen-bond acceptors (Lipinski definition) is 3. The van der Waals surface area contributed by atoms with Crippen LogP contribution in [0.1, 0.15) is 33.9 Å². The normalized spacial score (nSPS) is 14.3. The van der Waals surface area contributed by atoms with E-state index in [4.69, 9.17) is 11.5 Å². The van der Waals surface area contributed by atoms with Crippen molar-refractivity contribution in [3.8, 4) is 0 Å². The van der Waals surface area contributed by atoms with Crippen LogP contribution >= 0.6 is 0 Å². The minimum absolute atomic E-state index is 0.458. The fourth-order valence-corrected chi connectivity index (χ4v) is 4.20. The topological polar surface area (TPSA) is 72.3 Å². The average Bonchev–Trinajstić information content (AvgIpc) is 2.80. The summed E-state index contributed by atoms with van der Waals surface area (Å²) in [7, 11) is 0. The van der Waals surface area contributed by atoms with Crippen molar-refractivity contribution in [2.45, 2.75) is 38.0 Å². The molecule has 0 bridgehead atoms. The second kappa shape index (κ2) is 9.03. The van der Waals surface area contributed by atoms with Gasteiger partial charge in [0, 0.05) is 19.4 Å². The first-order chi connectivity index (χ1) is 15.0. The van der Waals surface area contributed by atoms with E-state index >= 15 is 0 Å². The zero-order valence-corrected chi connectivity index (χ0v) is 18.0. The van der Waals surface area contributed by atoms with Crippen LogP contribution in [-0.4, -0.2) is 10.7 Å². The molecule has 0 heterocycles. The summed E-state index contributed by atoms with van der Waals surface area (Å²) in [6.45, 7) is 2.57. The van der Waals surface area contributed by atoms with Crippen LogP contribution < -0.4 is 11.5 Å². The highest BCUT2D eigenvalue weighted by Gasteiger charge is 2.36. The monoisotopic (exact) mass is 410 g/mol. The van der Waals surface area contributed by atoms with Gasteiger partial charge in [-0.05, 0) is 46.0 Å². The Bertz CT molecular complexity index is 1150. The molecule has 4 aromatic carbocycles. The van der Waals surface area contributed by atoms with E-state index in [2.05, 4.69) is 55.5 Å². The molecule has 2 atom stereocenters. The highest BCUT2D eigenvalue weighted by Crippen LogP contribution is 2.33. The van der Waals surface area contributed by atoms with E-state index < -0.39 is 11.6 Å². The van der Waals surface area contributed by atoms with Crippen LogP contribution in [0.4, 0.5) is 0 Å². The SMILES string of the molecule is Cc1ccc(CC(O)(Cc2ccc(CN)cc2)[C@H](N)c2ccc3ccccc3c2)cc1. The summed E-state index contributed by atoms with van der Waals surface area (Å²) in [6, 6.07) is 30.3. The van der Waals surface area contributed by atoms with Gasteiger partial charge in [-0.15, -0.1) is 0 Å². The van der Waals surface area contributed by atoms with Crippen LogP contribution in [0.2, 0.25) is 0 Å². The summed E-state index contributed by atoms with van der Waals surface area (Å²) in [5.74, 6) is 0. The average molecular weight is 411 g/mol. The third kappa shape index (κ3) is 4.86. The predicted octanol–water partition coefficient (Wildman–Crippen LogP) is 4.82. The van der Waals surface area contributed by atoms with Gasteiger partial charge in [0.1, 0.15) is 0 Å². The summed E-state index contributed by atoms with van der Waals surface area (Å²) < 4.78 is 0. The Labute approximate surface area is 184 Å². The van der Waals surface area contributed by atoms with Gasteiger partial charge < -0.3 is 16.6 Å². The van der Waals surface area contributed by atoms with Crippen LogP contribution in [0.5, 0.6) is 0 Å². The van der Waals surface area contributed by atoms with Gasteiger partial charge in [-0.3, -0.25) is 0 Å². The van der Waals surface area contributed by atoms with E-state index in [0.29, 0.717) is 19.4 Å². The molecule has 0 aliphatic heterocycles. The molecule has 0 aliphatic rings. The van der Waals surface area contributed by atoms with Gasteiger partial charge in [-0.25, -0.2) is 0 Å². The Balaban J connectivity index is 1.70. The first-order valence-electron chi connectivity index (χ1n) is 10.8. The number of aryl methyl sites for hydroxylation is 1. The molecular weight excluding hydrogens is 380 g/mol. The number of hydrogen-bond donors (Lipinski definition) is 3. The molecule has 158 valence electrons. The van der Waals surface area contributed by atoms with Gasteiger partial charge in [0.15, 0.2) is 0 Å². The van der Waals surface area contributed by atoms with Crippen molar-refractivity contribution >= 4 is 10.8 Å². The first kappa shape index (κ1) is 21.3. The molecule has 3 heteroatoms. The van der Waals surface area contributed by atoms with E-state index in [1.165, 1.54) is 5.56 Å². The molecule has 0 saturated carbocycles. The second-order valence-electron chi connectivity index (χ2n) is 8.55. The van der Waals surface area contributed by atoms with Gasteiger partial charge in [-0.2, -0.15) is 0 Å². The molecule has 0 radical (unpaired) electrons. The second-order valence-corrected chi connectivity index (χ2v) is 8.55. The Morgan fingerprint density at radius 2 is 1.29 bits per heavy atom. The van der Waals surface area contributed by atoms with Crippen molar-refractivity contribution in [2.75, 3.05) is 0 Å². The predicted molar refractivity (Wildman–Crippen MR) is 129 cm³/mol. The highest BCUT2D eigenvalue weighted by molar-refractivity contribution is 5.83. The summed E-state index contributed by atoms with van der Waals surface area (Å²) >= 11 is 0. The van der Waals surface area contributed by atoms with Gasteiger partial charge in [0.05, 0.1) is 11.6 Å². The standard InChI is InChI=1S/C28H30N2O/c1-20-6-8-21(9-7-20)17-28(31,18-22-10-12-23(19-29)13-11-22)27(30)26-15-14-24-4-2-3-5-25(24)16-26/h2-16,27,31H,17-19,29-30H2,1H3/t27-,28?/m1/s1. The van der Waals surface area contributed by atoms with Crippen molar-refractivity contribution in [1.29, 1.82) is 0 Å². The molecule has 0 fully saturated rings. The van der Waals surface area contributed by atoms with E-state index in [1.54, 1.807) is 0 Å². The van der Waals surface area contributed by atoms with Crippen molar-refractivity contribution < 1.29 is 5.11 Å². The lowest BCUT2D eigenvalue weighted by Crippen LogP contribution is -2.45. The Hall–Kier alpha value is -2.98. The molecule has 3 nitrogen and oxygen atoms in total. The molecule has 1 unspecified atom stereocenters. The van der Waals surface area contributed by atoms with Crippen molar-refractivity contribution in [3.63, 3.8) is 0 Å². The Kier molecular flexibility index (Phi) is 6.19. The largest absolute Gasteiger partial charge is 0.387 e. The number of nitrogens with two attached hydrogens (primary N) is 2. The van der Waals surface area contributed by atoms with Crippen LogP contribution in [0, 0.1) is 6.92 Å². The zero-order valence-electron chi connectivity index (χ0n) is 18.0. The summed E-state index contributed by atoms with van der Waals surface area (Å²) in [5.41, 5.74) is 16.7. The zero-order chi connectivity index (χ0) is 21.8. The van der Waals surface area contributed by atoms with Crippen LogP contribution in [0.3, 0.4) is 0 Å². The molecule has 0 aliphatic carbocycles. The minimum Gasteiger partial charge on any atom is -0.387 e. The molecule has 4 aromatic rings. The lowest BCUT2D eigenvalue weighted by molar-refractivity contribution is 0.0137. The third-order valence-electron chi connectivity index (χ3n) is 6.11. The molecule has 31 heavy (non-hydrogen) atoms. The molecule has 5 N–H and O–H groups in total. The summed E-state index contributed by atoms with van der Waals surface area (Å²) in [6.07, 6.45) is 0.930. The first-order valence-corrected chi connectivity index (χ1v) is 10.8. The summed E-state index contributed by atoms with van der Waals surface area (Å²) in [5, 5.41) is 14.2. The number of aliphatic hydroxyl groups is 1. The van der Waals surface area contributed by atoms with Crippen LogP contribution in [-0.2, 0) is 19.4 Å². The summed E-state index contributed by atoms with van der Waals surface area (Å²) in [4.78, 5) is 0. The quantitative estimate of drug-likeness (QED) is 0.409. The van der Waals surface area contributed by atoms with Gasteiger partial charge in [0.25, 0.3) is 0 Å². The number of rotatable bonds is 7. The van der Waals surface area contributed by atoms with E-state index in [-0.39, 0.29) is 0 Å². The van der Waals surface area contributed by atoms with E-state index in [1.807, 2.05) is 42.5 Å². The molecule has 4 rings (SSSR count). The van der Waals surface area contributed by atoms with Gasteiger partial charge in [0.2, 0.25) is 0 Å². The minimum atomic E-state index is -1.14. The Morgan fingerprint density at radius 3 is 1.90 bits per heavy atom. The maximum Gasteiger partial charge on any atom is 0.0919 e. The van der Waals surface area contributed by atoms with Gasteiger partial charge in [-0.1, -0.05) is 90.5 Å². The maximum atomic E-state index is 12.0. The van der Waals surface area contributed by atoms with Crippen LogP contribution in [0.15, 0.2) is 91.0 Å². The van der Waals surface area contributed by atoms with E-state index in [9.17, 15) is 5.11 Å². The molecular formula is C28H30N2O. The molecule has 0 spiro atoms. The maximum absolute atomic E-state index is 12.0. The fraction of sp³-hybridized carbons (Fsp3) is 0.214. The smallest absolute Gasteiger partial charge is 0.0919 e. The molecule has 0 saturated heterocycles. The third-order valence-corrected chi connectivity index (χ3v) is 6.11. The highest BCUT2D eigenvalue weighted by atomic mass is 16.3. The number of fused-ring (bicyclic) bond motifs is 1. The van der Waals surface area contributed by atoms with Crippen LogP contribution in [0.25, 0.3) is 10.8 Å². The van der Waals surface area contributed by atoms with Crippen molar-refractivity contribution in [2.24, 2.45) is 11.5 Å². The lowest BCUT2D eigenvalue weighted by atomic mass is 9.79. The van der Waals surface area contributed by atoms with E-state index in [0.717, 1.165) is 33.0 Å². The molecule has 0 aromatic heterocycles. The lowest BCUT2D eigenvalue weighted by Gasteiger charge is -2.35. The van der Waals surface area contributed by atoms with Crippen molar-refractivity contribution in [1.82, 2.24) is 0 Å². The Morgan fingerprint density at radius 1 is 0.742 bits per heavy atom. The number of benzene rings is 4. The molecule has 0 amide bonds.